The minimum absolute atomic E-state index is 0.912. The first-order valence-electron chi connectivity index (χ1n) is 17.4. The Morgan fingerprint density at radius 1 is 0.314 bits per heavy atom. The Morgan fingerprint density at radius 3 is 1.55 bits per heavy atom. The van der Waals surface area contributed by atoms with Crippen LogP contribution in [0, 0.1) is 0 Å². The minimum atomic E-state index is 0.912. The zero-order chi connectivity index (χ0) is 33.5. The van der Waals surface area contributed by atoms with Crippen molar-refractivity contribution in [2.45, 2.75) is 0 Å². The summed E-state index contributed by atoms with van der Waals surface area (Å²) in [5.74, 6) is 0. The van der Waals surface area contributed by atoms with Gasteiger partial charge in [0.05, 0.1) is 22.1 Å². The molecular weight excluding hydrogens is 621 g/mol. The molecule has 0 aliphatic heterocycles. The van der Waals surface area contributed by atoms with E-state index in [4.69, 9.17) is 4.42 Å². The maximum Gasteiger partial charge on any atom is 0.143 e. The van der Waals surface area contributed by atoms with Gasteiger partial charge >= 0.3 is 0 Å². The average Bonchev–Trinajstić information content (AvgIpc) is 3.85. The van der Waals surface area contributed by atoms with Crippen LogP contribution in [0.1, 0.15) is 0 Å². The summed E-state index contributed by atoms with van der Waals surface area (Å²) in [7, 11) is 0. The predicted molar refractivity (Wildman–Crippen MR) is 213 cm³/mol. The number of para-hydroxylation sites is 5. The summed E-state index contributed by atoms with van der Waals surface area (Å²) in [5, 5.41) is 7.24. The number of hydrogen-bond acceptors (Lipinski definition) is 1. The van der Waals surface area contributed by atoms with Crippen molar-refractivity contribution in [3.8, 4) is 33.6 Å². The molecule has 3 nitrogen and oxygen atoms in total. The standard InChI is InChI=1S/C48H30N2O/c1-3-12-34(13-4-1)49-43-20-9-7-16-37(43)41-28-31(23-26-44(41)49)32-24-27-45-42(29-32)38-25-22-33(30-46(38)50(45)35-14-5-2-6-15-35)36-18-11-19-40-39-17-8-10-21-47(39)51-48(36)40/h1-30H. The molecule has 51 heavy (non-hydrogen) atoms. The number of fused-ring (bicyclic) bond motifs is 9. The fraction of sp³-hybridized carbons (Fsp3) is 0. The van der Waals surface area contributed by atoms with Gasteiger partial charge in [-0.25, -0.2) is 0 Å². The first-order chi connectivity index (χ1) is 25.3. The van der Waals surface area contributed by atoms with Crippen molar-refractivity contribution in [3.05, 3.63) is 182 Å². The molecule has 0 aliphatic rings. The van der Waals surface area contributed by atoms with Gasteiger partial charge in [0.2, 0.25) is 0 Å². The molecule has 0 spiro atoms. The normalized spacial score (nSPS) is 11.9. The highest BCUT2D eigenvalue weighted by Crippen LogP contribution is 2.41. The predicted octanol–water partition coefficient (Wildman–Crippen LogP) is 13.1. The van der Waals surface area contributed by atoms with Crippen molar-refractivity contribution in [2.75, 3.05) is 0 Å². The van der Waals surface area contributed by atoms with Crippen LogP contribution in [0.2, 0.25) is 0 Å². The monoisotopic (exact) mass is 650 g/mol. The van der Waals surface area contributed by atoms with Crippen molar-refractivity contribution >= 4 is 65.6 Å². The number of nitrogens with zero attached hydrogens (tertiary/aromatic N) is 2. The highest BCUT2D eigenvalue weighted by atomic mass is 16.3. The Morgan fingerprint density at radius 2 is 0.843 bits per heavy atom. The molecule has 8 aromatic carbocycles. The second-order valence-corrected chi connectivity index (χ2v) is 13.3. The Balaban J connectivity index is 1.12. The maximum atomic E-state index is 6.46. The molecule has 0 N–H and O–H groups in total. The Bertz CT molecular complexity index is 3130. The van der Waals surface area contributed by atoms with Crippen LogP contribution < -0.4 is 0 Å². The topological polar surface area (TPSA) is 23.0 Å². The number of furan rings is 1. The summed E-state index contributed by atoms with van der Waals surface area (Å²) in [5.41, 5.74) is 13.5. The highest BCUT2D eigenvalue weighted by Gasteiger charge is 2.18. The number of aromatic nitrogens is 2. The molecule has 11 rings (SSSR count). The highest BCUT2D eigenvalue weighted by molar-refractivity contribution is 6.14. The first kappa shape index (κ1) is 28.0. The lowest BCUT2D eigenvalue weighted by molar-refractivity contribution is 0.670. The molecule has 3 heteroatoms. The summed E-state index contributed by atoms with van der Waals surface area (Å²) in [6.45, 7) is 0. The van der Waals surface area contributed by atoms with Gasteiger partial charge in [-0.2, -0.15) is 0 Å². The van der Waals surface area contributed by atoms with Crippen molar-refractivity contribution < 1.29 is 4.42 Å². The molecule has 238 valence electrons. The zero-order valence-corrected chi connectivity index (χ0v) is 27.6. The molecular formula is C48H30N2O. The molecule has 0 aliphatic carbocycles. The van der Waals surface area contributed by atoms with Gasteiger partial charge in [-0.1, -0.05) is 115 Å². The Labute approximate surface area is 293 Å². The van der Waals surface area contributed by atoms with Crippen LogP contribution in [0.4, 0.5) is 0 Å². The zero-order valence-electron chi connectivity index (χ0n) is 27.6. The minimum Gasteiger partial charge on any atom is -0.455 e. The van der Waals surface area contributed by atoms with E-state index in [0.717, 1.165) is 38.8 Å². The van der Waals surface area contributed by atoms with E-state index in [9.17, 15) is 0 Å². The molecule has 0 bridgehead atoms. The third kappa shape index (κ3) is 4.19. The van der Waals surface area contributed by atoms with Gasteiger partial charge in [0.15, 0.2) is 0 Å². The second-order valence-electron chi connectivity index (χ2n) is 13.3. The smallest absolute Gasteiger partial charge is 0.143 e. The van der Waals surface area contributed by atoms with E-state index in [1.807, 2.05) is 12.1 Å². The molecule has 0 radical (unpaired) electrons. The van der Waals surface area contributed by atoms with Gasteiger partial charge < -0.3 is 13.6 Å². The molecule has 3 heterocycles. The largest absolute Gasteiger partial charge is 0.455 e. The third-order valence-electron chi connectivity index (χ3n) is 10.5. The van der Waals surface area contributed by atoms with Crippen LogP contribution in [0.25, 0.3) is 99.2 Å². The van der Waals surface area contributed by atoms with Gasteiger partial charge in [-0.3, -0.25) is 0 Å². The number of hydrogen-bond donors (Lipinski definition) is 0. The van der Waals surface area contributed by atoms with Gasteiger partial charge in [-0.15, -0.1) is 0 Å². The molecule has 0 saturated heterocycles. The van der Waals surface area contributed by atoms with E-state index < -0.39 is 0 Å². The van der Waals surface area contributed by atoms with E-state index in [2.05, 4.69) is 179 Å². The van der Waals surface area contributed by atoms with E-state index in [0.29, 0.717) is 0 Å². The van der Waals surface area contributed by atoms with Crippen LogP contribution in [-0.2, 0) is 0 Å². The van der Waals surface area contributed by atoms with Crippen molar-refractivity contribution in [2.24, 2.45) is 0 Å². The number of benzene rings is 8. The molecule has 11 aromatic rings. The summed E-state index contributed by atoms with van der Waals surface area (Å²) in [6, 6.07) is 65.5. The quantitative estimate of drug-likeness (QED) is 0.186. The Kier molecular flexibility index (Phi) is 5.96. The van der Waals surface area contributed by atoms with Crippen LogP contribution in [-0.4, -0.2) is 9.13 Å². The van der Waals surface area contributed by atoms with Gasteiger partial charge in [0.1, 0.15) is 11.2 Å². The van der Waals surface area contributed by atoms with E-state index in [1.165, 1.54) is 60.4 Å². The van der Waals surface area contributed by atoms with Crippen LogP contribution in [0.15, 0.2) is 186 Å². The number of rotatable bonds is 4. The van der Waals surface area contributed by atoms with E-state index >= 15 is 0 Å². The van der Waals surface area contributed by atoms with Gasteiger partial charge in [-0.05, 0) is 83.4 Å². The molecule has 0 atom stereocenters. The van der Waals surface area contributed by atoms with Crippen molar-refractivity contribution in [3.63, 3.8) is 0 Å². The Hall–Kier alpha value is -6.84. The second kappa shape index (κ2) is 10.8. The summed E-state index contributed by atoms with van der Waals surface area (Å²) in [4.78, 5) is 0. The van der Waals surface area contributed by atoms with Crippen molar-refractivity contribution in [1.82, 2.24) is 9.13 Å². The lowest BCUT2D eigenvalue weighted by atomic mass is 9.99. The molecule has 0 unspecified atom stereocenters. The summed E-state index contributed by atoms with van der Waals surface area (Å²) >= 11 is 0. The molecule has 0 amide bonds. The third-order valence-corrected chi connectivity index (χ3v) is 10.5. The van der Waals surface area contributed by atoms with E-state index in [1.54, 1.807) is 0 Å². The fourth-order valence-electron chi connectivity index (χ4n) is 8.21. The lowest BCUT2D eigenvalue weighted by Gasteiger charge is -2.10. The lowest BCUT2D eigenvalue weighted by Crippen LogP contribution is -1.93. The van der Waals surface area contributed by atoms with Crippen molar-refractivity contribution in [1.29, 1.82) is 0 Å². The fourth-order valence-corrected chi connectivity index (χ4v) is 8.21. The molecule has 0 fully saturated rings. The SMILES string of the molecule is c1ccc(-n2c3ccccc3c3cc(-c4ccc5c(c4)c4ccc(-c6cccc7c6oc6ccccc67)cc4n5-c4ccccc4)ccc32)cc1. The van der Waals surface area contributed by atoms with Crippen LogP contribution in [0.3, 0.4) is 0 Å². The molecule has 3 aromatic heterocycles. The van der Waals surface area contributed by atoms with Gasteiger partial charge in [0.25, 0.3) is 0 Å². The van der Waals surface area contributed by atoms with E-state index in [-0.39, 0.29) is 0 Å². The summed E-state index contributed by atoms with van der Waals surface area (Å²) < 4.78 is 11.2. The maximum absolute atomic E-state index is 6.46. The van der Waals surface area contributed by atoms with Crippen LogP contribution >= 0.6 is 0 Å². The van der Waals surface area contributed by atoms with Gasteiger partial charge in [0, 0.05) is 49.3 Å². The average molecular weight is 651 g/mol. The van der Waals surface area contributed by atoms with Crippen LogP contribution in [0.5, 0.6) is 0 Å². The summed E-state index contributed by atoms with van der Waals surface area (Å²) in [6.07, 6.45) is 0. The molecule has 0 saturated carbocycles. The first-order valence-corrected chi connectivity index (χ1v) is 17.4.